The third-order valence-electron chi connectivity index (χ3n) is 5.51. The molecular formula is C32H28O6. The molecule has 192 valence electrons. The second-order valence-electron chi connectivity index (χ2n) is 8.56. The van der Waals surface area contributed by atoms with E-state index in [4.69, 9.17) is 0 Å². The van der Waals surface area contributed by atoms with Crippen LogP contribution < -0.4 is 0 Å². The lowest BCUT2D eigenvalue weighted by atomic mass is 10.0. The Balaban J connectivity index is 0.000000211. The largest absolute Gasteiger partial charge is 0.507 e. The first kappa shape index (κ1) is 27.5. The van der Waals surface area contributed by atoms with Crippen molar-refractivity contribution in [2.24, 2.45) is 0 Å². The summed E-state index contributed by atoms with van der Waals surface area (Å²) in [5, 5.41) is 39.1. The Morgan fingerprint density at radius 2 is 0.895 bits per heavy atom. The maximum Gasteiger partial charge on any atom is 0.193 e. The second kappa shape index (κ2) is 12.7. The number of hydrogen-bond donors (Lipinski definition) is 4. The third-order valence-corrected chi connectivity index (χ3v) is 5.51. The number of allylic oxidation sites excluding steroid dienone is 2. The molecule has 0 fully saturated rings. The van der Waals surface area contributed by atoms with Gasteiger partial charge in [-0.1, -0.05) is 83.9 Å². The van der Waals surface area contributed by atoms with E-state index in [1.807, 2.05) is 26.0 Å². The standard InChI is InChI=1S/2C16H14O3/c2*1-11-7-8-14(17)13(9-11)16(19)10-15(18)12-5-3-2-4-6-12/h2*2-10,17-18H,1H3/b2*15-10-. The van der Waals surface area contributed by atoms with Crippen LogP contribution in [0, 0.1) is 13.8 Å². The fourth-order valence-corrected chi connectivity index (χ4v) is 3.48. The van der Waals surface area contributed by atoms with Crippen molar-refractivity contribution in [2.45, 2.75) is 13.8 Å². The third kappa shape index (κ3) is 7.45. The number of aliphatic hydroxyl groups is 2. The molecule has 4 aromatic carbocycles. The number of aryl methyl sites for hydroxylation is 2. The van der Waals surface area contributed by atoms with Gasteiger partial charge >= 0.3 is 0 Å². The van der Waals surface area contributed by atoms with Gasteiger partial charge in [0.25, 0.3) is 0 Å². The zero-order chi connectivity index (χ0) is 27.7. The summed E-state index contributed by atoms with van der Waals surface area (Å²) in [6.07, 6.45) is 2.23. The molecule has 0 saturated heterocycles. The molecule has 4 rings (SSSR count). The summed E-state index contributed by atoms with van der Waals surface area (Å²) in [6, 6.07) is 27.1. The highest BCUT2D eigenvalue weighted by atomic mass is 16.3. The molecule has 0 bridgehead atoms. The number of benzene rings is 4. The first-order valence-electron chi connectivity index (χ1n) is 11.8. The molecule has 0 amide bonds. The van der Waals surface area contributed by atoms with Crippen LogP contribution in [0.5, 0.6) is 11.5 Å². The van der Waals surface area contributed by atoms with Gasteiger partial charge in [-0.15, -0.1) is 0 Å². The molecule has 6 heteroatoms. The zero-order valence-electron chi connectivity index (χ0n) is 21.0. The van der Waals surface area contributed by atoms with Crippen LogP contribution in [0.1, 0.15) is 43.0 Å². The van der Waals surface area contributed by atoms with E-state index >= 15 is 0 Å². The SMILES string of the molecule is Cc1ccc(O)c(C(=O)/C=C(\O)c2ccccc2)c1.Cc1ccc(O)c(C(=O)/C=C(\O)c2ccccc2)c1. The predicted octanol–water partition coefficient (Wildman–Crippen LogP) is 6.96. The average molecular weight is 509 g/mol. The maximum atomic E-state index is 12.0. The maximum absolute atomic E-state index is 12.0. The molecule has 0 aliphatic rings. The lowest BCUT2D eigenvalue weighted by Gasteiger charge is -2.03. The number of phenols is 2. The van der Waals surface area contributed by atoms with Gasteiger partial charge < -0.3 is 20.4 Å². The number of aromatic hydroxyl groups is 2. The van der Waals surface area contributed by atoms with Crippen molar-refractivity contribution < 1.29 is 30.0 Å². The van der Waals surface area contributed by atoms with E-state index in [9.17, 15) is 30.0 Å². The minimum Gasteiger partial charge on any atom is -0.507 e. The van der Waals surface area contributed by atoms with Gasteiger partial charge in [0.05, 0.1) is 11.1 Å². The Kier molecular flexibility index (Phi) is 9.21. The van der Waals surface area contributed by atoms with E-state index in [1.54, 1.807) is 72.8 Å². The van der Waals surface area contributed by atoms with E-state index in [-0.39, 0.29) is 34.1 Å². The van der Waals surface area contributed by atoms with E-state index < -0.39 is 11.6 Å². The Bertz CT molecular complexity index is 1370. The molecule has 0 aliphatic carbocycles. The van der Waals surface area contributed by atoms with Crippen LogP contribution in [0.3, 0.4) is 0 Å². The quantitative estimate of drug-likeness (QED) is 0.127. The second-order valence-corrected chi connectivity index (χ2v) is 8.56. The van der Waals surface area contributed by atoms with Crippen molar-refractivity contribution in [3.05, 3.63) is 143 Å². The molecule has 4 aromatic rings. The summed E-state index contributed by atoms with van der Waals surface area (Å²) in [5.41, 5.74) is 3.22. The number of hydrogen-bond acceptors (Lipinski definition) is 6. The minimum atomic E-state index is -0.428. The number of carbonyl (C=O) groups is 2. The van der Waals surface area contributed by atoms with Gasteiger partial charge in [0.1, 0.15) is 23.0 Å². The van der Waals surface area contributed by atoms with Crippen LogP contribution in [0.4, 0.5) is 0 Å². The molecule has 0 saturated carbocycles. The molecule has 38 heavy (non-hydrogen) atoms. The fourth-order valence-electron chi connectivity index (χ4n) is 3.48. The number of carbonyl (C=O) groups excluding carboxylic acids is 2. The van der Waals surface area contributed by atoms with E-state index in [0.29, 0.717) is 11.1 Å². The highest BCUT2D eigenvalue weighted by Crippen LogP contribution is 2.22. The van der Waals surface area contributed by atoms with Crippen molar-refractivity contribution in [1.82, 2.24) is 0 Å². The summed E-state index contributed by atoms with van der Waals surface area (Å²) in [6.45, 7) is 3.66. The molecule has 0 unspecified atom stereocenters. The van der Waals surface area contributed by atoms with Gasteiger partial charge in [-0.05, 0) is 38.1 Å². The number of phenolic OH excluding ortho intramolecular Hbond substituents is 2. The van der Waals surface area contributed by atoms with Crippen molar-refractivity contribution in [3.63, 3.8) is 0 Å². The molecule has 0 heterocycles. The molecule has 4 N–H and O–H groups in total. The normalized spacial score (nSPS) is 11.3. The summed E-state index contributed by atoms with van der Waals surface area (Å²) in [5.74, 6) is -1.27. The molecule has 6 nitrogen and oxygen atoms in total. The Hall–Kier alpha value is -5.10. The molecule has 0 atom stereocenters. The van der Waals surface area contributed by atoms with Crippen LogP contribution in [0.25, 0.3) is 11.5 Å². The first-order chi connectivity index (χ1) is 18.2. The van der Waals surface area contributed by atoms with Crippen molar-refractivity contribution >= 4 is 23.1 Å². The first-order valence-corrected chi connectivity index (χ1v) is 11.8. The van der Waals surface area contributed by atoms with Crippen molar-refractivity contribution in [1.29, 1.82) is 0 Å². The average Bonchev–Trinajstić information content (AvgIpc) is 2.92. The summed E-state index contributed by atoms with van der Waals surface area (Å²) < 4.78 is 0. The Morgan fingerprint density at radius 3 is 1.24 bits per heavy atom. The highest BCUT2D eigenvalue weighted by Gasteiger charge is 2.12. The van der Waals surface area contributed by atoms with Crippen molar-refractivity contribution in [3.8, 4) is 11.5 Å². The van der Waals surface area contributed by atoms with Crippen LogP contribution >= 0.6 is 0 Å². The Morgan fingerprint density at radius 1 is 0.553 bits per heavy atom. The zero-order valence-corrected chi connectivity index (χ0v) is 21.0. The lowest BCUT2D eigenvalue weighted by molar-refractivity contribution is 0.103. The molecule has 0 spiro atoms. The van der Waals surface area contributed by atoms with Gasteiger partial charge in [0.15, 0.2) is 11.6 Å². The number of rotatable bonds is 6. The van der Waals surface area contributed by atoms with E-state index in [0.717, 1.165) is 23.3 Å². The van der Waals surface area contributed by atoms with Gasteiger partial charge in [-0.3, -0.25) is 9.59 Å². The summed E-state index contributed by atoms with van der Waals surface area (Å²) in [4.78, 5) is 24.0. The van der Waals surface area contributed by atoms with Gasteiger partial charge in [0.2, 0.25) is 0 Å². The monoisotopic (exact) mass is 508 g/mol. The molecule has 0 aliphatic heterocycles. The minimum absolute atomic E-state index is 0.0901. The highest BCUT2D eigenvalue weighted by molar-refractivity contribution is 6.10. The van der Waals surface area contributed by atoms with Gasteiger partial charge in [0, 0.05) is 23.3 Å². The topological polar surface area (TPSA) is 115 Å². The molecular weight excluding hydrogens is 480 g/mol. The van der Waals surface area contributed by atoms with Gasteiger partial charge in [-0.2, -0.15) is 0 Å². The predicted molar refractivity (Wildman–Crippen MR) is 148 cm³/mol. The molecule has 0 aromatic heterocycles. The van der Waals surface area contributed by atoms with E-state index in [1.165, 1.54) is 12.1 Å². The molecule has 0 radical (unpaired) electrons. The smallest absolute Gasteiger partial charge is 0.193 e. The summed E-state index contributed by atoms with van der Waals surface area (Å²) >= 11 is 0. The Labute approximate surface area is 221 Å². The van der Waals surface area contributed by atoms with Crippen molar-refractivity contribution in [2.75, 3.05) is 0 Å². The summed E-state index contributed by atoms with van der Waals surface area (Å²) in [7, 11) is 0. The lowest BCUT2D eigenvalue weighted by Crippen LogP contribution is -1.98. The van der Waals surface area contributed by atoms with Gasteiger partial charge in [-0.25, -0.2) is 0 Å². The number of aliphatic hydroxyl groups excluding tert-OH is 2. The fraction of sp³-hybridized carbons (Fsp3) is 0.0625. The van der Waals surface area contributed by atoms with E-state index in [2.05, 4.69) is 0 Å². The van der Waals surface area contributed by atoms with Crippen LogP contribution in [-0.2, 0) is 0 Å². The van der Waals surface area contributed by atoms with Crippen LogP contribution in [-0.4, -0.2) is 32.0 Å². The number of ketones is 2. The van der Waals surface area contributed by atoms with Crippen LogP contribution in [0.15, 0.2) is 109 Å². The van der Waals surface area contributed by atoms with Crippen LogP contribution in [0.2, 0.25) is 0 Å².